The zero-order valence-corrected chi connectivity index (χ0v) is 10.0. The van der Waals surface area contributed by atoms with Gasteiger partial charge >= 0.3 is 0 Å². The minimum absolute atomic E-state index is 0.00196. The van der Waals surface area contributed by atoms with Crippen LogP contribution in [0.4, 0.5) is 0 Å². The lowest BCUT2D eigenvalue weighted by Crippen LogP contribution is -1.81. The standard InChI is InChI=1S/C13H13ClO2/c1-8-5-11(14)3-4-12(8)13-6-10(7-15)9(2)16-13/h3-6,15H,7H2,1-2H3. The lowest BCUT2D eigenvalue weighted by atomic mass is 10.1. The Morgan fingerprint density at radius 2 is 2.00 bits per heavy atom. The first-order valence-electron chi connectivity index (χ1n) is 5.08. The summed E-state index contributed by atoms with van der Waals surface area (Å²) < 4.78 is 5.61. The van der Waals surface area contributed by atoms with Gasteiger partial charge in [-0.15, -0.1) is 0 Å². The lowest BCUT2D eigenvalue weighted by Gasteiger charge is -2.02. The third kappa shape index (κ3) is 1.99. The molecule has 0 aliphatic heterocycles. The molecule has 0 saturated heterocycles. The Kier molecular flexibility index (Phi) is 3.03. The van der Waals surface area contributed by atoms with Crippen molar-refractivity contribution in [1.82, 2.24) is 0 Å². The zero-order chi connectivity index (χ0) is 11.7. The van der Waals surface area contributed by atoms with E-state index in [2.05, 4.69) is 0 Å². The summed E-state index contributed by atoms with van der Waals surface area (Å²) in [5, 5.41) is 9.83. The van der Waals surface area contributed by atoms with Crippen molar-refractivity contribution in [3.63, 3.8) is 0 Å². The van der Waals surface area contributed by atoms with Crippen LogP contribution < -0.4 is 0 Å². The highest BCUT2D eigenvalue weighted by atomic mass is 35.5. The summed E-state index contributed by atoms with van der Waals surface area (Å²) in [7, 11) is 0. The molecule has 0 unspecified atom stereocenters. The number of rotatable bonds is 2. The largest absolute Gasteiger partial charge is 0.461 e. The van der Waals surface area contributed by atoms with E-state index >= 15 is 0 Å². The van der Waals surface area contributed by atoms with Gasteiger partial charge in [0.1, 0.15) is 11.5 Å². The third-order valence-electron chi connectivity index (χ3n) is 2.64. The average Bonchev–Trinajstić information content (AvgIpc) is 2.59. The molecule has 0 amide bonds. The minimum atomic E-state index is 0.00196. The quantitative estimate of drug-likeness (QED) is 0.862. The predicted octanol–water partition coefficient (Wildman–Crippen LogP) is 3.71. The molecule has 0 radical (unpaired) electrons. The van der Waals surface area contributed by atoms with Crippen LogP contribution in [0.25, 0.3) is 11.3 Å². The summed E-state index contributed by atoms with van der Waals surface area (Å²) in [6.45, 7) is 3.83. The van der Waals surface area contributed by atoms with E-state index in [1.54, 1.807) is 0 Å². The first kappa shape index (κ1) is 11.2. The molecule has 1 aromatic heterocycles. The van der Waals surface area contributed by atoms with Gasteiger partial charge in [-0.05, 0) is 43.7 Å². The van der Waals surface area contributed by atoms with Gasteiger partial charge in [0.15, 0.2) is 0 Å². The Labute approximate surface area is 99.5 Å². The number of aryl methyl sites for hydroxylation is 2. The van der Waals surface area contributed by atoms with E-state index < -0.39 is 0 Å². The fraction of sp³-hybridized carbons (Fsp3) is 0.231. The van der Waals surface area contributed by atoms with Crippen LogP contribution in [0.1, 0.15) is 16.9 Å². The Hall–Kier alpha value is -1.25. The van der Waals surface area contributed by atoms with Crippen molar-refractivity contribution in [2.45, 2.75) is 20.5 Å². The Morgan fingerprint density at radius 1 is 1.25 bits per heavy atom. The van der Waals surface area contributed by atoms with Crippen molar-refractivity contribution in [2.24, 2.45) is 0 Å². The molecule has 16 heavy (non-hydrogen) atoms. The van der Waals surface area contributed by atoms with Crippen LogP contribution in [-0.2, 0) is 6.61 Å². The van der Waals surface area contributed by atoms with Crippen molar-refractivity contribution in [3.8, 4) is 11.3 Å². The fourth-order valence-corrected chi connectivity index (χ4v) is 1.94. The van der Waals surface area contributed by atoms with E-state index in [-0.39, 0.29) is 6.61 Å². The maximum Gasteiger partial charge on any atom is 0.134 e. The van der Waals surface area contributed by atoms with Gasteiger partial charge in [0, 0.05) is 16.1 Å². The Morgan fingerprint density at radius 3 is 2.56 bits per heavy atom. The maximum absolute atomic E-state index is 9.11. The van der Waals surface area contributed by atoms with E-state index in [9.17, 15) is 0 Å². The van der Waals surface area contributed by atoms with E-state index in [4.69, 9.17) is 21.1 Å². The van der Waals surface area contributed by atoms with Crippen molar-refractivity contribution in [2.75, 3.05) is 0 Å². The Bertz CT molecular complexity index is 515. The molecule has 1 N–H and O–H groups in total. The van der Waals surface area contributed by atoms with Gasteiger partial charge in [-0.2, -0.15) is 0 Å². The number of aliphatic hydroxyl groups excluding tert-OH is 1. The van der Waals surface area contributed by atoms with Crippen LogP contribution in [0, 0.1) is 13.8 Å². The molecule has 0 spiro atoms. The molecule has 0 fully saturated rings. The number of hydrogen-bond acceptors (Lipinski definition) is 2. The summed E-state index contributed by atoms with van der Waals surface area (Å²) in [6.07, 6.45) is 0. The molecule has 1 heterocycles. The summed E-state index contributed by atoms with van der Waals surface area (Å²) in [4.78, 5) is 0. The Balaban J connectivity index is 2.50. The molecular formula is C13H13ClO2. The van der Waals surface area contributed by atoms with Gasteiger partial charge in [-0.1, -0.05) is 11.6 Å². The minimum Gasteiger partial charge on any atom is -0.461 e. The van der Waals surface area contributed by atoms with E-state index in [0.717, 1.165) is 28.2 Å². The number of hydrogen-bond donors (Lipinski definition) is 1. The summed E-state index contributed by atoms with van der Waals surface area (Å²) in [6, 6.07) is 7.52. The molecule has 2 nitrogen and oxygen atoms in total. The predicted molar refractivity (Wildman–Crippen MR) is 64.6 cm³/mol. The molecule has 1 aromatic carbocycles. The molecule has 84 valence electrons. The smallest absolute Gasteiger partial charge is 0.134 e. The van der Waals surface area contributed by atoms with Crippen molar-refractivity contribution < 1.29 is 9.52 Å². The van der Waals surface area contributed by atoms with E-state index in [0.29, 0.717) is 5.02 Å². The normalized spacial score (nSPS) is 10.8. The second kappa shape index (κ2) is 4.32. The molecule has 0 aliphatic rings. The summed E-state index contributed by atoms with van der Waals surface area (Å²) in [5.41, 5.74) is 2.89. The molecule has 0 aliphatic carbocycles. The zero-order valence-electron chi connectivity index (χ0n) is 9.25. The van der Waals surface area contributed by atoms with Crippen LogP contribution >= 0.6 is 11.6 Å². The highest BCUT2D eigenvalue weighted by molar-refractivity contribution is 6.30. The van der Waals surface area contributed by atoms with Crippen LogP contribution in [0.3, 0.4) is 0 Å². The average molecular weight is 237 g/mol. The van der Waals surface area contributed by atoms with Gasteiger partial charge in [0.25, 0.3) is 0 Å². The topological polar surface area (TPSA) is 33.4 Å². The van der Waals surface area contributed by atoms with Gasteiger partial charge in [-0.25, -0.2) is 0 Å². The highest BCUT2D eigenvalue weighted by Gasteiger charge is 2.10. The molecule has 2 aromatic rings. The number of aliphatic hydroxyl groups is 1. The summed E-state index contributed by atoms with van der Waals surface area (Å²) >= 11 is 5.90. The maximum atomic E-state index is 9.11. The van der Waals surface area contributed by atoms with Gasteiger partial charge < -0.3 is 9.52 Å². The second-order valence-electron chi connectivity index (χ2n) is 3.81. The van der Waals surface area contributed by atoms with Crippen molar-refractivity contribution in [1.29, 1.82) is 0 Å². The monoisotopic (exact) mass is 236 g/mol. The van der Waals surface area contributed by atoms with Gasteiger partial charge in [0.2, 0.25) is 0 Å². The van der Waals surface area contributed by atoms with Crippen LogP contribution in [0.2, 0.25) is 5.02 Å². The third-order valence-corrected chi connectivity index (χ3v) is 2.88. The SMILES string of the molecule is Cc1cc(Cl)ccc1-c1cc(CO)c(C)o1. The fourth-order valence-electron chi connectivity index (χ4n) is 1.71. The first-order chi connectivity index (χ1) is 7.61. The van der Waals surface area contributed by atoms with Gasteiger partial charge in [-0.3, -0.25) is 0 Å². The van der Waals surface area contributed by atoms with Crippen LogP contribution in [0.5, 0.6) is 0 Å². The second-order valence-corrected chi connectivity index (χ2v) is 4.25. The molecule has 0 bridgehead atoms. The number of halogens is 1. The lowest BCUT2D eigenvalue weighted by molar-refractivity contribution is 0.279. The number of furan rings is 1. The molecule has 3 heteroatoms. The molecular weight excluding hydrogens is 224 g/mol. The highest BCUT2D eigenvalue weighted by Crippen LogP contribution is 2.29. The van der Waals surface area contributed by atoms with E-state index in [1.165, 1.54) is 0 Å². The molecule has 0 saturated carbocycles. The molecule has 2 rings (SSSR count). The summed E-state index contributed by atoms with van der Waals surface area (Å²) in [5.74, 6) is 1.53. The van der Waals surface area contributed by atoms with Crippen molar-refractivity contribution in [3.05, 3.63) is 46.2 Å². The van der Waals surface area contributed by atoms with E-state index in [1.807, 2.05) is 38.1 Å². The van der Waals surface area contributed by atoms with Crippen LogP contribution in [-0.4, -0.2) is 5.11 Å². The number of benzene rings is 1. The first-order valence-corrected chi connectivity index (χ1v) is 5.46. The molecule has 0 atom stereocenters. The van der Waals surface area contributed by atoms with Gasteiger partial charge in [0.05, 0.1) is 6.61 Å². The van der Waals surface area contributed by atoms with Crippen molar-refractivity contribution >= 4 is 11.6 Å². The van der Waals surface area contributed by atoms with Crippen LogP contribution in [0.15, 0.2) is 28.7 Å².